The predicted octanol–water partition coefficient (Wildman–Crippen LogP) is 2.94. The van der Waals surface area contributed by atoms with Gasteiger partial charge in [-0.3, -0.25) is 4.79 Å². The van der Waals surface area contributed by atoms with Crippen LogP contribution in [0, 0.1) is 5.92 Å². The molecule has 1 aliphatic rings. The summed E-state index contributed by atoms with van der Waals surface area (Å²) < 4.78 is 61.7. The highest BCUT2D eigenvalue weighted by atomic mass is 32.2. The fraction of sp³-hybridized carbons (Fsp3) is 0.533. The highest BCUT2D eigenvalue weighted by Crippen LogP contribution is 2.37. The SMILES string of the molecule is CS(=O)(=O)c1ccc(C(=O)NC2CCCCC2C(F)(F)F)cc1. The predicted molar refractivity (Wildman–Crippen MR) is 78.8 cm³/mol. The fourth-order valence-electron chi connectivity index (χ4n) is 2.80. The van der Waals surface area contributed by atoms with E-state index in [2.05, 4.69) is 5.32 Å². The maximum atomic E-state index is 13.0. The van der Waals surface area contributed by atoms with Crippen molar-refractivity contribution in [3.8, 4) is 0 Å². The van der Waals surface area contributed by atoms with Gasteiger partial charge in [-0.1, -0.05) is 12.8 Å². The molecule has 128 valence electrons. The van der Waals surface area contributed by atoms with Gasteiger partial charge in [-0.2, -0.15) is 13.2 Å². The standard InChI is InChI=1S/C15H18F3NO3S/c1-23(21,22)11-8-6-10(7-9-11)14(20)19-13-5-3-2-4-12(13)15(16,17)18/h6-9,12-13H,2-5H2,1H3,(H,19,20). The number of hydrogen-bond acceptors (Lipinski definition) is 3. The molecule has 0 bridgehead atoms. The summed E-state index contributed by atoms with van der Waals surface area (Å²) in [6, 6.07) is 4.21. The van der Waals surface area contributed by atoms with Crippen LogP contribution in [-0.2, 0) is 9.84 Å². The van der Waals surface area contributed by atoms with E-state index >= 15 is 0 Å². The molecule has 1 fully saturated rings. The molecular formula is C15H18F3NO3S. The second-order valence-corrected chi connectivity index (χ2v) is 7.82. The average molecular weight is 349 g/mol. The summed E-state index contributed by atoms with van der Waals surface area (Å²) in [5, 5.41) is 2.44. The third kappa shape index (κ3) is 4.46. The lowest BCUT2D eigenvalue weighted by molar-refractivity contribution is -0.187. The average Bonchev–Trinajstić information content (AvgIpc) is 2.46. The molecule has 23 heavy (non-hydrogen) atoms. The number of carbonyl (C=O) groups is 1. The minimum Gasteiger partial charge on any atom is -0.349 e. The zero-order valence-corrected chi connectivity index (χ0v) is 13.4. The van der Waals surface area contributed by atoms with Gasteiger partial charge in [0.15, 0.2) is 9.84 Å². The van der Waals surface area contributed by atoms with Crippen LogP contribution in [-0.4, -0.2) is 32.8 Å². The van der Waals surface area contributed by atoms with E-state index in [-0.39, 0.29) is 23.3 Å². The highest BCUT2D eigenvalue weighted by Gasteiger charge is 2.45. The minimum absolute atomic E-state index is 0.0153. The second kappa shape index (κ2) is 6.51. The minimum atomic E-state index is -4.33. The third-order valence-electron chi connectivity index (χ3n) is 4.05. The number of amides is 1. The first kappa shape index (κ1) is 17.8. The zero-order valence-electron chi connectivity index (χ0n) is 12.6. The summed E-state index contributed by atoms with van der Waals surface area (Å²) in [6.07, 6.45) is -1.85. The summed E-state index contributed by atoms with van der Waals surface area (Å²) in [4.78, 5) is 12.2. The lowest BCUT2D eigenvalue weighted by Crippen LogP contribution is -2.47. The Bertz CT molecular complexity index is 668. The summed E-state index contributed by atoms with van der Waals surface area (Å²) in [5.41, 5.74) is 0.142. The largest absolute Gasteiger partial charge is 0.393 e. The van der Waals surface area contributed by atoms with Gasteiger partial charge in [-0.05, 0) is 37.1 Å². The lowest BCUT2D eigenvalue weighted by atomic mass is 9.84. The van der Waals surface area contributed by atoms with Crippen molar-refractivity contribution in [2.75, 3.05) is 6.26 Å². The molecule has 2 rings (SSSR count). The van der Waals surface area contributed by atoms with Crippen molar-refractivity contribution >= 4 is 15.7 Å². The van der Waals surface area contributed by atoms with Gasteiger partial charge < -0.3 is 5.32 Å². The molecule has 1 aliphatic carbocycles. The number of hydrogen-bond donors (Lipinski definition) is 1. The van der Waals surface area contributed by atoms with Crippen LogP contribution < -0.4 is 5.32 Å². The quantitative estimate of drug-likeness (QED) is 0.913. The summed E-state index contributed by atoms with van der Waals surface area (Å²) >= 11 is 0. The van der Waals surface area contributed by atoms with Crippen LogP contribution in [0.4, 0.5) is 13.2 Å². The first-order valence-electron chi connectivity index (χ1n) is 7.27. The first-order chi connectivity index (χ1) is 10.6. The van der Waals surface area contributed by atoms with Crippen LogP contribution in [0.25, 0.3) is 0 Å². The molecule has 1 aromatic rings. The maximum Gasteiger partial charge on any atom is 0.393 e. The topological polar surface area (TPSA) is 63.2 Å². The Labute approximate surface area is 133 Å². The highest BCUT2D eigenvalue weighted by molar-refractivity contribution is 7.90. The number of benzene rings is 1. The molecule has 1 N–H and O–H groups in total. The molecular weight excluding hydrogens is 331 g/mol. The number of halogens is 3. The van der Waals surface area contributed by atoms with Crippen molar-refractivity contribution in [3.63, 3.8) is 0 Å². The molecule has 0 radical (unpaired) electrons. The van der Waals surface area contributed by atoms with Crippen LogP contribution in [0.15, 0.2) is 29.2 Å². The molecule has 0 saturated heterocycles. The summed E-state index contributed by atoms with van der Waals surface area (Å²) in [6.45, 7) is 0. The smallest absolute Gasteiger partial charge is 0.349 e. The van der Waals surface area contributed by atoms with Crippen molar-refractivity contribution in [1.82, 2.24) is 5.32 Å². The summed E-state index contributed by atoms with van der Waals surface area (Å²) in [5.74, 6) is -2.15. The van der Waals surface area contributed by atoms with Gasteiger partial charge in [0.1, 0.15) is 0 Å². The van der Waals surface area contributed by atoms with Crippen LogP contribution in [0.2, 0.25) is 0 Å². The molecule has 2 unspecified atom stereocenters. The maximum absolute atomic E-state index is 13.0. The van der Waals surface area contributed by atoms with E-state index in [4.69, 9.17) is 0 Å². The van der Waals surface area contributed by atoms with Gasteiger partial charge in [0, 0.05) is 17.9 Å². The van der Waals surface area contributed by atoms with Crippen molar-refractivity contribution in [1.29, 1.82) is 0 Å². The van der Waals surface area contributed by atoms with E-state index < -0.39 is 33.9 Å². The van der Waals surface area contributed by atoms with Gasteiger partial charge in [-0.25, -0.2) is 8.42 Å². The zero-order chi connectivity index (χ0) is 17.3. The van der Waals surface area contributed by atoms with Gasteiger partial charge in [0.2, 0.25) is 0 Å². The Morgan fingerprint density at radius 3 is 2.22 bits per heavy atom. The second-order valence-electron chi connectivity index (χ2n) is 5.81. The van der Waals surface area contributed by atoms with Crippen LogP contribution >= 0.6 is 0 Å². The van der Waals surface area contributed by atoms with E-state index in [1.165, 1.54) is 24.3 Å². The molecule has 4 nitrogen and oxygen atoms in total. The monoisotopic (exact) mass is 349 g/mol. The summed E-state index contributed by atoms with van der Waals surface area (Å²) in [7, 11) is -3.38. The molecule has 0 aromatic heterocycles. The Kier molecular flexibility index (Phi) is 5.03. The van der Waals surface area contributed by atoms with E-state index in [0.717, 1.165) is 6.26 Å². The molecule has 1 aromatic carbocycles. The Hall–Kier alpha value is -1.57. The molecule has 0 heterocycles. The molecule has 1 saturated carbocycles. The fourth-order valence-corrected chi connectivity index (χ4v) is 3.43. The van der Waals surface area contributed by atoms with Gasteiger partial charge in [0.25, 0.3) is 5.91 Å². The molecule has 8 heteroatoms. The molecule has 2 atom stereocenters. The van der Waals surface area contributed by atoms with Crippen molar-refractivity contribution in [3.05, 3.63) is 29.8 Å². The van der Waals surface area contributed by atoms with E-state index in [1.807, 2.05) is 0 Å². The van der Waals surface area contributed by atoms with Crippen LogP contribution in [0.3, 0.4) is 0 Å². The van der Waals surface area contributed by atoms with Crippen molar-refractivity contribution < 1.29 is 26.4 Å². The number of nitrogens with one attached hydrogen (secondary N) is 1. The Balaban J connectivity index is 2.11. The number of rotatable bonds is 3. The third-order valence-corrected chi connectivity index (χ3v) is 5.18. The van der Waals surface area contributed by atoms with Crippen molar-refractivity contribution in [2.45, 2.75) is 42.8 Å². The van der Waals surface area contributed by atoms with E-state index in [0.29, 0.717) is 12.8 Å². The molecule has 0 aliphatic heterocycles. The lowest BCUT2D eigenvalue weighted by Gasteiger charge is -2.33. The van der Waals surface area contributed by atoms with Gasteiger partial charge in [0.05, 0.1) is 10.8 Å². The number of carbonyl (C=O) groups excluding carboxylic acids is 1. The van der Waals surface area contributed by atoms with Crippen molar-refractivity contribution in [2.24, 2.45) is 5.92 Å². The number of sulfone groups is 1. The molecule has 1 amide bonds. The molecule has 0 spiro atoms. The first-order valence-corrected chi connectivity index (χ1v) is 9.16. The van der Waals surface area contributed by atoms with E-state index in [1.54, 1.807) is 0 Å². The van der Waals surface area contributed by atoms with Gasteiger partial charge in [-0.15, -0.1) is 0 Å². The normalized spacial score (nSPS) is 22.6. The Morgan fingerprint density at radius 2 is 1.70 bits per heavy atom. The van der Waals surface area contributed by atoms with Crippen LogP contribution in [0.1, 0.15) is 36.0 Å². The number of alkyl halides is 3. The van der Waals surface area contributed by atoms with Crippen LogP contribution in [0.5, 0.6) is 0 Å². The van der Waals surface area contributed by atoms with Gasteiger partial charge >= 0.3 is 6.18 Å². The Morgan fingerprint density at radius 1 is 1.13 bits per heavy atom. The van der Waals surface area contributed by atoms with E-state index in [9.17, 15) is 26.4 Å².